The minimum absolute atomic E-state index is 0.0484. The van der Waals surface area contributed by atoms with Crippen LogP contribution >= 0.6 is 0 Å². The van der Waals surface area contributed by atoms with Gasteiger partial charge in [-0.05, 0) is 25.5 Å². The number of nitrogens with zero attached hydrogens (tertiary/aromatic N) is 4. The number of carbonyl (C=O) groups excluding carboxylic acids is 2. The van der Waals surface area contributed by atoms with Gasteiger partial charge >= 0.3 is 0 Å². The summed E-state index contributed by atoms with van der Waals surface area (Å²) in [5.74, 6) is -0.241. The number of carbonyl (C=O) groups is 2. The second-order valence-electron chi connectivity index (χ2n) is 6.09. The number of aromatic nitrogens is 2. The molecule has 128 valence electrons. The van der Waals surface area contributed by atoms with E-state index in [9.17, 15) is 9.59 Å². The van der Waals surface area contributed by atoms with Gasteiger partial charge < -0.3 is 9.80 Å². The molecule has 0 aliphatic carbocycles. The van der Waals surface area contributed by atoms with Crippen LogP contribution in [0, 0.1) is 6.92 Å². The minimum Gasteiger partial charge on any atom is -0.340 e. The van der Waals surface area contributed by atoms with Crippen LogP contribution in [0.4, 0.5) is 0 Å². The lowest BCUT2D eigenvalue weighted by atomic mass is 10.1. The van der Waals surface area contributed by atoms with Crippen molar-refractivity contribution < 1.29 is 9.59 Å². The molecule has 0 aliphatic heterocycles. The van der Waals surface area contributed by atoms with Crippen LogP contribution in [-0.2, 0) is 16.1 Å². The maximum atomic E-state index is 12.4. The molecule has 24 heavy (non-hydrogen) atoms. The van der Waals surface area contributed by atoms with Crippen LogP contribution in [0.25, 0.3) is 0 Å². The van der Waals surface area contributed by atoms with Crippen LogP contribution in [0.1, 0.15) is 24.1 Å². The van der Waals surface area contributed by atoms with E-state index in [4.69, 9.17) is 0 Å². The molecule has 0 N–H and O–H groups in total. The van der Waals surface area contributed by atoms with Gasteiger partial charge in [0.15, 0.2) is 0 Å². The van der Waals surface area contributed by atoms with Crippen molar-refractivity contribution in [3.63, 3.8) is 0 Å². The maximum Gasteiger partial charge on any atom is 0.247 e. The summed E-state index contributed by atoms with van der Waals surface area (Å²) in [7, 11) is 3.39. The zero-order valence-corrected chi connectivity index (χ0v) is 14.6. The van der Waals surface area contributed by atoms with E-state index in [2.05, 4.69) is 5.10 Å². The summed E-state index contributed by atoms with van der Waals surface area (Å²) in [6.45, 7) is 4.37. The number of hydrogen-bond donors (Lipinski definition) is 0. The van der Waals surface area contributed by atoms with E-state index in [0.29, 0.717) is 6.54 Å². The predicted molar refractivity (Wildman–Crippen MR) is 92.2 cm³/mol. The molecule has 0 radical (unpaired) electrons. The number of benzene rings is 1. The average Bonchev–Trinajstić information content (AvgIpc) is 3.09. The van der Waals surface area contributed by atoms with Gasteiger partial charge in [-0.1, -0.05) is 29.8 Å². The number of likely N-dealkylation sites (N-methyl/N-ethyl adjacent to an activating group) is 2. The van der Waals surface area contributed by atoms with Crippen LogP contribution in [-0.4, -0.2) is 52.0 Å². The van der Waals surface area contributed by atoms with Crippen LogP contribution in [0.15, 0.2) is 42.7 Å². The highest BCUT2D eigenvalue weighted by Crippen LogP contribution is 2.09. The van der Waals surface area contributed by atoms with Crippen molar-refractivity contribution in [3.05, 3.63) is 53.9 Å². The fourth-order valence-electron chi connectivity index (χ4n) is 2.40. The Bertz CT molecular complexity index is 680. The van der Waals surface area contributed by atoms with Crippen molar-refractivity contribution >= 4 is 11.8 Å². The van der Waals surface area contributed by atoms with Crippen molar-refractivity contribution in [2.24, 2.45) is 0 Å². The largest absolute Gasteiger partial charge is 0.340 e. The van der Waals surface area contributed by atoms with Gasteiger partial charge in [-0.15, -0.1) is 0 Å². The molecular weight excluding hydrogens is 304 g/mol. The fourth-order valence-corrected chi connectivity index (χ4v) is 2.40. The molecule has 1 atom stereocenters. The first kappa shape index (κ1) is 17.7. The summed E-state index contributed by atoms with van der Waals surface area (Å²) in [6, 6.07) is 9.40. The summed E-state index contributed by atoms with van der Waals surface area (Å²) in [5.41, 5.74) is 2.25. The maximum absolute atomic E-state index is 12.4. The normalized spacial score (nSPS) is 11.8. The molecule has 0 saturated carbocycles. The lowest BCUT2D eigenvalue weighted by Crippen LogP contribution is -2.41. The van der Waals surface area contributed by atoms with Crippen molar-refractivity contribution in [3.8, 4) is 0 Å². The van der Waals surface area contributed by atoms with E-state index in [0.717, 1.165) is 5.56 Å². The molecule has 6 nitrogen and oxygen atoms in total. The summed E-state index contributed by atoms with van der Waals surface area (Å²) in [5, 5.41) is 4.07. The van der Waals surface area contributed by atoms with Crippen molar-refractivity contribution in [1.29, 1.82) is 0 Å². The van der Waals surface area contributed by atoms with Gasteiger partial charge in [0.25, 0.3) is 0 Å². The Morgan fingerprint density at radius 2 is 1.83 bits per heavy atom. The van der Waals surface area contributed by atoms with E-state index in [-0.39, 0.29) is 18.4 Å². The van der Waals surface area contributed by atoms with Gasteiger partial charge in [0.05, 0.1) is 6.54 Å². The van der Waals surface area contributed by atoms with Gasteiger partial charge in [0.2, 0.25) is 11.8 Å². The van der Waals surface area contributed by atoms with Crippen LogP contribution in [0.3, 0.4) is 0 Å². The SMILES string of the molecule is Cc1ccc(CN(C)C(=O)CN(C)C(=O)C(C)n2cccn2)cc1. The minimum atomic E-state index is -0.430. The highest BCUT2D eigenvalue weighted by atomic mass is 16.2. The zero-order valence-electron chi connectivity index (χ0n) is 14.6. The Hall–Kier alpha value is -2.63. The Kier molecular flexibility index (Phi) is 5.73. The molecule has 1 aromatic carbocycles. The first-order chi connectivity index (χ1) is 11.4. The van der Waals surface area contributed by atoms with Gasteiger partial charge in [-0.3, -0.25) is 14.3 Å². The summed E-state index contributed by atoms with van der Waals surface area (Å²) >= 11 is 0. The first-order valence-electron chi connectivity index (χ1n) is 7.92. The van der Waals surface area contributed by atoms with Gasteiger partial charge in [0.1, 0.15) is 6.04 Å². The van der Waals surface area contributed by atoms with Gasteiger partial charge in [0, 0.05) is 33.0 Å². The lowest BCUT2D eigenvalue weighted by Gasteiger charge is -2.24. The number of aryl methyl sites for hydroxylation is 1. The second kappa shape index (κ2) is 7.77. The molecule has 2 rings (SSSR count). The molecule has 1 heterocycles. The third-order valence-corrected chi connectivity index (χ3v) is 3.99. The monoisotopic (exact) mass is 328 g/mol. The Morgan fingerprint density at radius 3 is 2.42 bits per heavy atom. The molecule has 2 amide bonds. The molecule has 1 aromatic heterocycles. The summed E-state index contributed by atoms with van der Waals surface area (Å²) in [6.07, 6.45) is 3.37. The Balaban J connectivity index is 1.90. The number of hydrogen-bond acceptors (Lipinski definition) is 3. The lowest BCUT2D eigenvalue weighted by molar-refractivity contribution is -0.140. The molecule has 1 unspecified atom stereocenters. The standard InChI is InChI=1S/C18H24N4O2/c1-14-6-8-16(9-7-14)12-20(3)17(23)13-21(4)18(24)15(2)22-11-5-10-19-22/h5-11,15H,12-13H2,1-4H3. The van der Waals surface area contributed by atoms with Crippen LogP contribution in [0.2, 0.25) is 0 Å². The third-order valence-electron chi connectivity index (χ3n) is 3.99. The van der Waals surface area contributed by atoms with Crippen molar-refractivity contribution in [1.82, 2.24) is 19.6 Å². The molecule has 0 spiro atoms. The number of amides is 2. The van der Waals surface area contributed by atoms with Crippen LogP contribution in [0.5, 0.6) is 0 Å². The average molecular weight is 328 g/mol. The van der Waals surface area contributed by atoms with E-state index in [1.165, 1.54) is 10.5 Å². The third kappa shape index (κ3) is 4.44. The molecular formula is C18H24N4O2. The first-order valence-corrected chi connectivity index (χ1v) is 7.92. The highest BCUT2D eigenvalue weighted by Gasteiger charge is 2.22. The summed E-state index contributed by atoms with van der Waals surface area (Å²) in [4.78, 5) is 27.8. The van der Waals surface area contributed by atoms with Crippen molar-refractivity contribution in [2.75, 3.05) is 20.6 Å². The van der Waals surface area contributed by atoms with E-state index in [1.54, 1.807) is 49.1 Å². The Labute approximate surface area is 142 Å². The summed E-state index contributed by atoms with van der Waals surface area (Å²) < 4.78 is 1.58. The van der Waals surface area contributed by atoms with Gasteiger partial charge in [-0.25, -0.2) is 0 Å². The van der Waals surface area contributed by atoms with Gasteiger partial charge in [-0.2, -0.15) is 5.10 Å². The number of rotatable bonds is 6. The molecule has 2 aromatic rings. The molecule has 0 fully saturated rings. The van der Waals surface area contributed by atoms with Crippen LogP contribution < -0.4 is 0 Å². The second-order valence-corrected chi connectivity index (χ2v) is 6.09. The highest BCUT2D eigenvalue weighted by molar-refractivity contribution is 5.86. The van der Waals surface area contributed by atoms with Crippen molar-refractivity contribution in [2.45, 2.75) is 26.4 Å². The smallest absolute Gasteiger partial charge is 0.247 e. The topological polar surface area (TPSA) is 58.4 Å². The van der Waals surface area contributed by atoms with E-state index < -0.39 is 6.04 Å². The molecule has 0 aliphatic rings. The molecule has 0 saturated heterocycles. The van der Waals surface area contributed by atoms with E-state index in [1.807, 2.05) is 31.2 Å². The quantitative estimate of drug-likeness (QED) is 0.813. The fraction of sp³-hybridized carbons (Fsp3) is 0.389. The van der Waals surface area contributed by atoms with E-state index >= 15 is 0 Å². The molecule has 0 bridgehead atoms. The zero-order chi connectivity index (χ0) is 17.7. The Morgan fingerprint density at radius 1 is 1.17 bits per heavy atom. The molecule has 6 heteroatoms. The predicted octanol–water partition coefficient (Wildman–Crippen LogP) is 1.87.